The van der Waals surface area contributed by atoms with Crippen molar-refractivity contribution in [2.75, 3.05) is 6.26 Å². The Kier molecular flexibility index (Phi) is 5.56. The largest absolute Gasteiger partial charge is 0.471 e. The monoisotopic (exact) mass is 425 g/mol. The van der Waals surface area contributed by atoms with Crippen molar-refractivity contribution in [1.82, 2.24) is 14.9 Å². The van der Waals surface area contributed by atoms with Gasteiger partial charge in [-0.1, -0.05) is 47.1 Å². The van der Waals surface area contributed by atoms with Crippen molar-refractivity contribution in [2.24, 2.45) is 0 Å². The molecular weight excluding hydrogens is 407 g/mol. The van der Waals surface area contributed by atoms with E-state index in [4.69, 9.17) is 0 Å². The maximum atomic E-state index is 12.8. The first kappa shape index (κ1) is 20.7. The maximum absolute atomic E-state index is 12.8. The van der Waals surface area contributed by atoms with Crippen molar-refractivity contribution in [3.05, 3.63) is 71.1 Å². The van der Waals surface area contributed by atoms with Gasteiger partial charge in [-0.2, -0.15) is 18.2 Å². The minimum Gasteiger partial charge on any atom is -0.329 e. The Balaban J connectivity index is 1.70. The van der Waals surface area contributed by atoms with Crippen molar-refractivity contribution < 1.29 is 26.7 Å². The van der Waals surface area contributed by atoms with Crippen LogP contribution >= 0.6 is 0 Å². The van der Waals surface area contributed by atoms with E-state index in [-0.39, 0.29) is 22.7 Å². The Bertz CT molecular complexity index is 1080. The van der Waals surface area contributed by atoms with E-state index in [1.165, 1.54) is 30.5 Å². The molecule has 1 amide bonds. The van der Waals surface area contributed by atoms with Crippen LogP contribution in [-0.4, -0.2) is 26.5 Å². The fraction of sp³-hybridized carbons (Fsp3) is 0.211. The summed E-state index contributed by atoms with van der Waals surface area (Å²) in [6.07, 6.45) is -3.25. The molecule has 154 valence electrons. The minimum atomic E-state index is -4.73. The summed E-state index contributed by atoms with van der Waals surface area (Å²) >= 11 is 0. The van der Waals surface area contributed by atoms with Gasteiger partial charge in [0.05, 0.1) is 0 Å². The van der Waals surface area contributed by atoms with Gasteiger partial charge in [-0.05, 0) is 34.7 Å². The SMILES string of the molecule is Cc1cccc(C[SH](C)(=O)NC(=O)c2ccc(-c3noc(C(F)(F)F)n3)cc2)c1. The van der Waals surface area contributed by atoms with Crippen LogP contribution in [0.2, 0.25) is 0 Å². The molecule has 0 aliphatic heterocycles. The molecule has 0 saturated carbocycles. The smallest absolute Gasteiger partial charge is 0.329 e. The van der Waals surface area contributed by atoms with Crippen LogP contribution in [0.5, 0.6) is 0 Å². The second-order valence-electron chi connectivity index (χ2n) is 6.69. The van der Waals surface area contributed by atoms with E-state index in [0.29, 0.717) is 0 Å². The normalized spacial score (nSPS) is 12.6. The molecule has 29 heavy (non-hydrogen) atoms. The summed E-state index contributed by atoms with van der Waals surface area (Å²) in [6.45, 7) is 1.92. The molecule has 10 heteroatoms. The van der Waals surface area contributed by atoms with Gasteiger partial charge in [0.15, 0.2) is 0 Å². The fourth-order valence-corrected chi connectivity index (χ4v) is 4.24. The van der Waals surface area contributed by atoms with E-state index in [2.05, 4.69) is 19.4 Å². The zero-order chi connectivity index (χ0) is 21.2. The lowest BCUT2D eigenvalue weighted by Gasteiger charge is -2.21. The summed E-state index contributed by atoms with van der Waals surface area (Å²) in [7, 11) is -3.01. The zero-order valence-corrected chi connectivity index (χ0v) is 16.4. The summed E-state index contributed by atoms with van der Waals surface area (Å²) in [5.41, 5.74) is 2.34. The third-order valence-corrected chi connectivity index (χ3v) is 5.62. The number of alkyl halides is 3. The van der Waals surface area contributed by atoms with Crippen LogP contribution in [0.4, 0.5) is 13.2 Å². The summed E-state index contributed by atoms with van der Waals surface area (Å²) in [5.74, 6) is -2.02. The molecule has 6 nitrogen and oxygen atoms in total. The van der Waals surface area contributed by atoms with Crippen LogP contribution < -0.4 is 4.72 Å². The van der Waals surface area contributed by atoms with E-state index in [0.717, 1.165) is 11.1 Å². The molecule has 0 saturated heterocycles. The molecule has 0 aliphatic rings. The second-order valence-corrected chi connectivity index (χ2v) is 9.43. The number of nitrogens with one attached hydrogen (secondary N) is 1. The van der Waals surface area contributed by atoms with Gasteiger partial charge in [-0.3, -0.25) is 13.7 Å². The van der Waals surface area contributed by atoms with Gasteiger partial charge >= 0.3 is 12.1 Å². The van der Waals surface area contributed by atoms with Crippen molar-refractivity contribution in [3.63, 3.8) is 0 Å². The van der Waals surface area contributed by atoms with Gasteiger partial charge in [-0.25, -0.2) is 0 Å². The number of halogens is 3. The fourth-order valence-electron chi connectivity index (χ4n) is 2.70. The molecule has 0 spiro atoms. The molecule has 0 aliphatic carbocycles. The van der Waals surface area contributed by atoms with Gasteiger partial charge in [0.1, 0.15) is 0 Å². The molecule has 3 rings (SSSR count). The molecule has 2 aromatic carbocycles. The van der Waals surface area contributed by atoms with Crippen molar-refractivity contribution >= 4 is 16.0 Å². The second kappa shape index (κ2) is 7.78. The summed E-state index contributed by atoms with van der Waals surface area (Å²) in [4.78, 5) is 15.7. The van der Waals surface area contributed by atoms with E-state index in [1.807, 2.05) is 31.2 Å². The van der Waals surface area contributed by atoms with Crippen molar-refractivity contribution in [1.29, 1.82) is 0 Å². The number of aryl methyl sites for hydroxylation is 1. The number of benzene rings is 2. The van der Waals surface area contributed by atoms with E-state index >= 15 is 0 Å². The number of hydrogen-bond donors (Lipinski definition) is 2. The van der Waals surface area contributed by atoms with Crippen LogP contribution in [-0.2, 0) is 22.0 Å². The number of thiol groups is 1. The molecule has 1 aromatic heterocycles. The Hall–Kier alpha value is -3.01. The van der Waals surface area contributed by atoms with Crippen LogP contribution in [0.1, 0.15) is 27.4 Å². The molecule has 0 radical (unpaired) electrons. The number of carbonyl (C=O) groups is 1. The Morgan fingerprint density at radius 3 is 2.45 bits per heavy atom. The van der Waals surface area contributed by atoms with Crippen LogP contribution in [0.3, 0.4) is 0 Å². The molecule has 0 bridgehead atoms. The number of rotatable bonds is 5. The summed E-state index contributed by atoms with van der Waals surface area (Å²) in [5, 5.41) is 3.29. The Morgan fingerprint density at radius 1 is 1.17 bits per heavy atom. The molecular formula is C19H18F3N3O3S. The third-order valence-electron chi connectivity index (χ3n) is 3.98. The first-order chi connectivity index (χ1) is 13.5. The van der Waals surface area contributed by atoms with Gasteiger partial charge in [-0.15, -0.1) is 0 Å². The molecule has 0 unspecified atom stereocenters. The highest BCUT2D eigenvalue weighted by Gasteiger charge is 2.38. The third kappa shape index (κ3) is 5.29. The minimum absolute atomic E-state index is 0.208. The Morgan fingerprint density at radius 2 is 1.86 bits per heavy atom. The Labute approximate surface area is 165 Å². The predicted octanol–water partition coefficient (Wildman–Crippen LogP) is 3.56. The van der Waals surface area contributed by atoms with Crippen LogP contribution in [0.15, 0.2) is 53.1 Å². The van der Waals surface area contributed by atoms with Gasteiger partial charge < -0.3 is 4.52 Å². The average Bonchev–Trinajstić information content (AvgIpc) is 3.11. The highest BCUT2D eigenvalue weighted by atomic mass is 32.3. The lowest BCUT2D eigenvalue weighted by Crippen LogP contribution is -2.36. The van der Waals surface area contributed by atoms with E-state index in [9.17, 15) is 22.2 Å². The number of nitrogens with zero attached hydrogens (tertiary/aromatic N) is 2. The standard InChI is InChI=1S/C19H18F3N3O3S/c1-12-4-3-5-13(10-12)11-29(2,27)25-17(26)15-8-6-14(7-9-15)16-23-18(28-24-16)19(20,21)22/h3-10,29H,11H2,1-2H3,(H,25,26,27). The number of hydrogen-bond acceptors (Lipinski definition) is 5. The van der Waals surface area contributed by atoms with Crippen LogP contribution in [0, 0.1) is 6.92 Å². The molecule has 1 N–H and O–H groups in total. The number of aromatic nitrogens is 2. The summed E-state index contributed by atoms with van der Waals surface area (Å²) < 4.78 is 57.2. The molecule has 3 aromatic rings. The predicted molar refractivity (Wildman–Crippen MR) is 103 cm³/mol. The van der Waals surface area contributed by atoms with Gasteiger partial charge in [0.2, 0.25) is 5.82 Å². The van der Waals surface area contributed by atoms with E-state index < -0.39 is 28.1 Å². The molecule has 0 fully saturated rings. The highest BCUT2D eigenvalue weighted by molar-refractivity contribution is 8.00. The maximum Gasteiger partial charge on any atom is 0.471 e. The first-order valence-corrected chi connectivity index (χ1v) is 10.8. The molecule has 0 atom stereocenters. The van der Waals surface area contributed by atoms with Crippen LogP contribution in [0.25, 0.3) is 11.4 Å². The lowest BCUT2D eigenvalue weighted by molar-refractivity contribution is -0.159. The van der Waals surface area contributed by atoms with Crippen molar-refractivity contribution in [2.45, 2.75) is 18.9 Å². The average molecular weight is 425 g/mol. The summed E-state index contributed by atoms with van der Waals surface area (Å²) in [6, 6.07) is 13.1. The first-order valence-electron chi connectivity index (χ1n) is 8.49. The quantitative estimate of drug-likeness (QED) is 0.611. The topological polar surface area (TPSA) is 85.1 Å². The van der Waals surface area contributed by atoms with Crippen molar-refractivity contribution in [3.8, 4) is 11.4 Å². The van der Waals surface area contributed by atoms with Gasteiger partial charge in [0.25, 0.3) is 5.91 Å². The number of amides is 1. The van der Waals surface area contributed by atoms with E-state index in [1.54, 1.807) is 0 Å². The van der Waals surface area contributed by atoms with Gasteiger partial charge in [0, 0.05) is 23.1 Å². The zero-order valence-electron chi connectivity index (χ0n) is 15.5. The number of carbonyl (C=O) groups excluding carboxylic acids is 1. The highest BCUT2D eigenvalue weighted by Crippen LogP contribution is 2.29. The lowest BCUT2D eigenvalue weighted by atomic mass is 10.1. The molecule has 1 heterocycles.